The van der Waals surface area contributed by atoms with Crippen LogP contribution in [0.25, 0.3) is 22.4 Å². The van der Waals surface area contributed by atoms with E-state index in [1.165, 1.54) is 23.9 Å². The molecule has 4 aromatic rings. The highest BCUT2D eigenvalue weighted by atomic mass is 19.1. The Hall–Kier alpha value is -3.93. The number of nitrogens with zero attached hydrogens (tertiary/aromatic N) is 2. The molecule has 5 nitrogen and oxygen atoms in total. The average molecular weight is 416 g/mol. The van der Waals surface area contributed by atoms with Crippen molar-refractivity contribution in [1.82, 2.24) is 9.78 Å². The third-order valence-corrected chi connectivity index (χ3v) is 5.00. The molecular formula is C25H21FN2O3. The molecule has 0 aliphatic carbocycles. The first kappa shape index (κ1) is 20.3. The van der Waals surface area contributed by atoms with Gasteiger partial charge in [0.1, 0.15) is 5.75 Å². The second kappa shape index (κ2) is 8.83. The topological polar surface area (TPSA) is 53.4 Å². The number of halogens is 1. The van der Waals surface area contributed by atoms with E-state index >= 15 is 0 Å². The fourth-order valence-corrected chi connectivity index (χ4v) is 3.38. The fraction of sp³-hybridized carbons (Fsp3) is 0.120. The molecule has 0 atom stereocenters. The second-order valence-electron chi connectivity index (χ2n) is 6.97. The molecule has 31 heavy (non-hydrogen) atoms. The lowest BCUT2D eigenvalue weighted by Crippen LogP contribution is -2.24. The van der Waals surface area contributed by atoms with Crippen LogP contribution in [-0.2, 0) is 6.54 Å². The van der Waals surface area contributed by atoms with Crippen molar-refractivity contribution in [2.24, 2.45) is 0 Å². The number of benzene rings is 3. The van der Waals surface area contributed by atoms with Crippen molar-refractivity contribution in [3.8, 4) is 33.9 Å². The molecule has 6 heteroatoms. The van der Waals surface area contributed by atoms with Crippen molar-refractivity contribution >= 4 is 0 Å². The van der Waals surface area contributed by atoms with Gasteiger partial charge in [-0.2, -0.15) is 5.10 Å². The monoisotopic (exact) mass is 416 g/mol. The molecule has 0 radical (unpaired) electrons. The normalized spacial score (nSPS) is 10.7. The molecule has 0 fully saturated rings. The van der Waals surface area contributed by atoms with E-state index in [0.717, 1.165) is 11.1 Å². The number of hydrogen-bond acceptors (Lipinski definition) is 4. The molecule has 0 N–H and O–H groups in total. The van der Waals surface area contributed by atoms with Crippen LogP contribution >= 0.6 is 0 Å². The first-order chi connectivity index (χ1) is 15.1. The molecule has 0 unspecified atom stereocenters. The minimum Gasteiger partial charge on any atom is -0.497 e. The van der Waals surface area contributed by atoms with Crippen molar-refractivity contribution in [3.05, 3.63) is 101 Å². The van der Waals surface area contributed by atoms with Crippen LogP contribution in [0.3, 0.4) is 0 Å². The second-order valence-corrected chi connectivity index (χ2v) is 6.97. The van der Waals surface area contributed by atoms with E-state index in [-0.39, 0.29) is 11.3 Å². The molecule has 156 valence electrons. The highest BCUT2D eigenvalue weighted by Crippen LogP contribution is 2.32. The van der Waals surface area contributed by atoms with Crippen LogP contribution in [-0.4, -0.2) is 24.0 Å². The zero-order chi connectivity index (χ0) is 21.8. The zero-order valence-corrected chi connectivity index (χ0v) is 17.2. The molecule has 0 aliphatic rings. The van der Waals surface area contributed by atoms with Crippen LogP contribution in [0.1, 0.15) is 5.56 Å². The van der Waals surface area contributed by atoms with Crippen molar-refractivity contribution in [2.45, 2.75) is 6.54 Å². The molecule has 4 rings (SSSR count). The summed E-state index contributed by atoms with van der Waals surface area (Å²) in [4.78, 5) is 12.9. The van der Waals surface area contributed by atoms with Gasteiger partial charge in [-0.15, -0.1) is 0 Å². The molecule has 0 aliphatic heterocycles. The van der Waals surface area contributed by atoms with Crippen molar-refractivity contribution in [3.63, 3.8) is 0 Å². The summed E-state index contributed by atoms with van der Waals surface area (Å²) in [6.07, 6.45) is 0. The Labute approximate surface area is 179 Å². The standard InChI is InChI=1S/C25H21FN2O3/c1-30-20-11-8-18(9-12-20)21-15-24(29)28(16-17-6-4-3-5-7-17)27-25(21)19-10-13-23(31-2)22(26)14-19/h3-15H,16H2,1-2H3. The van der Waals surface area contributed by atoms with Gasteiger partial charge in [0.2, 0.25) is 0 Å². The van der Waals surface area contributed by atoms with Crippen LogP contribution in [0.15, 0.2) is 83.7 Å². The van der Waals surface area contributed by atoms with E-state index < -0.39 is 5.82 Å². The van der Waals surface area contributed by atoms with Crippen LogP contribution in [0.5, 0.6) is 11.5 Å². The summed E-state index contributed by atoms with van der Waals surface area (Å²) in [5.41, 5.74) is 3.15. The van der Waals surface area contributed by atoms with Crippen molar-refractivity contribution in [1.29, 1.82) is 0 Å². The Morgan fingerprint density at radius 2 is 1.58 bits per heavy atom. The molecule has 0 amide bonds. The van der Waals surface area contributed by atoms with Gasteiger partial charge in [0.05, 0.1) is 26.5 Å². The van der Waals surface area contributed by atoms with Gasteiger partial charge in [0.15, 0.2) is 11.6 Å². The molecule has 0 saturated heterocycles. The Bertz CT molecular complexity index is 1250. The van der Waals surface area contributed by atoms with Gasteiger partial charge in [-0.25, -0.2) is 9.07 Å². The summed E-state index contributed by atoms with van der Waals surface area (Å²) in [5, 5.41) is 4.62. The molecule has 0 spiro atoms. The first-order valence-corrected chi connectivity index (χ1v) is 9.73. The third kappa shape index (κ3) is 4.33. The summed E-state index contributed by atoms with van der Waals surface area (Å²) in [6.45, 7) is 0.314. The highest BCUT2D eigenvalue weighted by molar-refractivity contribution is 5.80. The number of hydrogen-bond donors (Lipinski definition) is 0. The maximum Gasteiger partial charge on any atom is 0.267 e. The van der Waals surface area contributed by atoms with Crippen molar-refractivity contribution in [2.75, 3.05) is 14.2 Å². The van der Waals surface area contributed by atoms with E-state index in [9.17, 15) is 9.18 Å². The van der Waals surface area contributed by atoms with E-state index in [0.29, 0.717) is 29.1 Å². The number of methoxy groups -OCH3 is 2. The lowest BCUT2D eigenvalue weighted by Gasteiger charge is -2.14. The van der Waals surface area contributed by atoms with Gasteiger partial charge >= 0.3 is 0 Å². The highest BCUT2D eigenvalue weighted by Gasteiger charge is 2.15. The minimum absolute atomic E-state index is 0.146. The van der Waals surface area contributed by atoms with Crippen LogP contribution in [0.4, 0.5) is 4.39 Å². The molecule has 0 saturated carbocycles. The smallest absolute Gasteiger partial charge is 0.267 e. The predicted molar refractivity (Wildman–Crippen MR) is 118 cm³/mol. The van der Waals surface area contributed by atoms with Gasteiger partial charge in [0.25, 0.3) is 5.56 Å². The average Bonchev–Trinajstić information content (AvgIpc) is 2.81. The lowest BCUT2D eigenvalue weighted by atomic mass is 9.99. The zero-order valence-electron chi connectivity index (χ0n) is 17.2. The summed E-state index contributed by atoms with van der Waals surface area (Å²) < 4.78 is 26.1. The van der Waals surface area contributed by atoms with E-state index in [4.69, 9.17) is 9.47 Å². The van der Waals surface area contributed by atoms with Crippen LogP contribution in [0, 0.1) is 5.82 Å². The van der Waals surface area contributed by atoms with E-state index in [1.807, 2.05) is 54.6 Å². The van der Waals surface area contributed by atoms with Crippen molar-refractivity contribution < 1.29 is 13.9 Å². The first-order valence-electron chi connectivity index (χ1n) is 9.73. The largest absolute Gasteiger partial charge is 0.497 e. The Kier molecular flexibility index (Phi) is 5.80. The van der Waals surface area contributed by atoms with Gasteiger partial charge in [-0.05, 0) is 41.5 Å². The molecule has 1 aromatic heterocycles. The summed E-state index contributed by atoms with van der Waals surface area (Å²) >= 11 is 0. The quantitative estimate of drug-likeness (QED) is 0.454. The molecular weight excluding hydrogens is 395 g/mol. The van der Waals surface area contributed by atoms with E-state index in [1.54, 1.807) is 19.2 Å². The van der Waals surface area contributed by atoms with Crippen LogP contribution in [0.2, 0.25) is 0 Å². The summed E-state index contributed by atoms with van der Waals surface area (Å²) in [5.74, 6) is 0.349. The molecule has 1 heterocycles. The fourth-order valence-electron chi connectivity index (χ4n) is 3.38. The van der Waals surface area contributed by atoms with Gasteiger partial charge in [0, 0.05) is 17.2 Å². The third-order valence-electron chi connectivity index (χ3n) is 5.00. The Morgan fingerprint density at radius 1 is 0.871 bits per heavy atom. The SMILES string of the molecule is COc1ccc(-c2cc(=O)n(Cc3ccccc3)nc2-c2ccc(OC)c(F)c2)cc1. The predicted octanol–water partition coefficient (Wildman–Crippen LogP) is 4.78. The number of aromatic nitrogens is 2. The maximum absolute atomic E-state index is 14.5. The van der Waals surface area contributed by atoms with Crippen LogP contribution < -0.4 is 15.0 Å². The molecule has 3 aromatic carbocycles. The minimum atomic E-state index is -0.497. The summed E-state index contributed by atoms with van der Waals surface area (Å²) in [6, 6.07) is 23.1. The molecule has 0 bridgehead atoms. The van der Waals surface area contributed by atoms with Gasteiger partial charge in [-0.1, -0.05) is 42.5 Å². The Balaban J connectivity index is 1.88. The van der Waals surface area contributed by atoms with Gasteiger partial charge in [-0.3, -0.25) is 4.79 Å². The summed E-state index contributed by atoms with van der Waals surface area (Å²) in [7, 11) is 3.01. The Morgan fingerprint density at radius 3 is 2.23 bits per heavy atom. The van der Waals surface area contributed by atoms with Gasteiger partial charge < -0.3 is 9.47 Å². The number of ether oxygens (including phenoxy) is 2. The maximum atomic E-state index is 14.5. The van der Waals surface area contributed by atoms with E-state index in [2.05, 4.69) is 5.10 Å². The number of rotatable bonds is 6. The lowest BCUT2D eigenvalue weighted by molar-refractivity contribution is 0.386.